The molecule has 0 saturated carbocycles. The highest BCUT2D eigenvalue weighted by Gasteiger charge is 2.05. The Bertz CT molecular complexity index is 578. The highest BCUT2D eigenvalue weighted by molar-refractivity contribution is 7.98. The summed E-state index contributed by atoms with van der Waals surface area (Å²) in [5.41, 5.74) is 3.12. The van der Waals surface area contributed by atoms with Crippen LogP contribution in [-0.2, 0) is 5.75 Å². The van der Waals surface area contributed by atoms with Gasteiger partial charge in [-0.3, -0.25) is 4.79 Å². The second kappa shape index (κ2) is 7.25. The quantitative estimate of drug-likeness (QED) is 0.569. The zero-order valence-corrected chi connectivity index (χ0v) is 12.3. The number of thioether (sulfide) groups is 1. The molecule has 0 aromatic heterocycles. The Balaban J connectivity index is 1.76. The maximum Gasteiger partial charge on any atom is 0.163 e. The van der Waals surface area contributed by atoms with Crippen molar-refractivity contribution < 1.29 is 9.18 Å². The Morgan fingerprint density at radius 3 is 2.60 bits per heavy atom. The molecule has 0 radical (unpaired) electrons. The predicted molar refractivity (Wildman–Crippen MR) is 82.7 cm³/mol. The van der Waals surface area contributed by atoms with Gasteiger partial charge in [-0.2, -0.15) is 11.8 Å². The van der Waals surface area contributed by atoms with E-state index in [0.29, 0.717) is 12.0 Å². The number of carbonyl (C=O) groups is 1. The highest BCUT2D eigenvalue weighted by Crippen LogP contribution is 2.15. The first kappa shape index (κ1) is 14.8. The van der Waals surface area contributed by atoms with E-state index >= 15 is 0 Å². The molecule has 0 N–H and O–H groups in total. The summed E-state index contributed by atoms with van der Waals surface area (Å²) >= 11 is 1.75. The summed E-state index contributed by atoms with van der Waals surface area (Å²) in [5.74, 6) is 1.46. The van der Waals surface area contributed by atoms with Gasteiger partial charge in [-0.1, -0.05) is 29.8 Å². The van der Waals surface area contributed by atoms with Gasteiger partial charge in [-0.15, -0.1) is 0 Å². The molecule has 104 valence electrons. The number of aryl methyl sites for hydroxylation is 1. The zero-order chi connectivity index (χ0) is 14.4. The van der Waals surface area contributed by atoms with Gasteiger partial charge >= 0.3 is 0 Å². The van der Waals surface area contributed by atoms with Crippen LogP contribution in [0.3, 0.4) is 0 Å². The first-order valence-electron chi connectivity index (χ1n) is 6.57. The van der Waals surface area contributed by atoms with Gasteiger partial charge < -0.3 is 0 Å². The van der Waals surface area contributed by atoms with Crippen molar-refractivity contribution in [2.24, 2.45) is 0 Å². The second-order valence-electron chi connectivity index (χ2n) is 4.72. The minimum Gasteiger partial charge on any atom is -0.294 e. The summed E-state index contributed by atoms with van der Waals surface area (Å²) < 4.78 is 12.8. The lowest BCUT2D eigenvalue weighted by atomic mass is 10.1. The monoisotopic (exact) mass is 288 g/mol. The molecule has 0 heterocycles. The van der Waals surface area contributed by atoms with Crippen LogP contribution in [0.5, 0.6) is 0 Å². The van der Waals surface area contributed by atoms with E-state index in [0.717, 1.165) is 11.5 Å². The third-order valence-electron chi connectivity index (χ3n) is 2.99. The molecule has 0 amide bonds. The van der Waals surface area contributed by atoms with E-state index in [4.69, 9.17) is 0 Å². The topological polar surface area (TPSA) is 17.1 Å². The molecular weight excluding hydrogens is 271 g/mol. The first-order chi connectivity index (χ1) is 9.65. The standard InChI is InChI=1S/C17H17FOS/c1-13-3-2-4-14(11-13)12-20-10-9-17(19)15-5-7-16(18)8-6-15/h2-8,11H,9-10,12H2,1H3. The predicted octanol–water partition coefficient (Wildman–Crippen LogP) is 4.64. The van der Waals surface area contributed by atoms with Gasteiger partial charge in [0.25, 0.3) is 0 Å². The molecule has 2 aromatic rings. The van der Waals surface area contributed by atoms with Crippen LogP contribution in [0.1, 0.15) is 27.9 Å². The summed E-state index contributed by atoms with van der Waals surface area (Å²) in [7, 11) is 0. The van der Waals surface area contributed by atoms with Crippen LogP contribution in [0.25, 0.3) is 0 Å². The number of halogens is 1. The second-order valence-corrected chi connectivity index (χ2v) is 5.83. The molecule has 1 nitrogen and oxygen atoms in total. The Morgan fingerprint density at radius 1 is 1.15 bits per heavy atom. The molecule has 0 bridgehead atoms. The lowest BCUT2D eigenvalue weighted by Crippen LogP contribution is -2.00. The van der Waals surface area contributed by atoms with E-state index in [1.807, 2.05) is 0 Å². The molecule has 0 aliphatic heterocycles. The number of hydrogen-bond donors (Lipinski definition) is 0. The van der Waals surface area contributed by atoms with E-state index in [9.17, 15) is 9.18 Å². The van der Waals surface area contributed by atoms with Gasteiger partial charge in [0.05, 0.1) is 0 Å². The molecular formula is C17H17FOS. The van der Waals surface area contributed by atoms with Crippen LogP contribution in [-0.4, -0.2) is 11.5 Å². The average molecular weight is 288 g/mol. The summed E-state index contributed by atoms with van der Waals surface area (Å²) in [6, 6.07) is 14.1. The van der Waals surface area contributed by atoms with E-state index in [1.165, 1.54) is 23.3 Å². The molecule has 0 aliphatic rings. The SMILES string of the molecule is Cc1cccc(CSCCC(=O)c2ccc(F)cc2)c1. The number of Topliss-reactive ketones (excluding diaryl/α,β-unsaturated/α-hetero) is 1. The molecule has 3 heteroatoms. The normalized spacial score (nSPS) is 10.5. The van der Waals surface area contributed by atoms with Gasteiger partial charge in [-0.05, 0) is 36.8 Å². The fraction of sp³-hybridized carbons (Fsp3) is 0.235. The maximum atomic E-state index is 12.8. The number of rotatable bonds is 6. The zero-order valence-electron chi connectivity index (χ0n) is 11.4. The summed E-state index contributed by atoms with van der Waals surface area (Å²) in [6.07, 6.45) is 0.488. The molecule has 2 aromatic carbocycles. The molecule has 0 unspecified atom stereocenters. The van der Waals surface area contributed by atoms with Crippen molar-refractivity contribution in [3.05, 3.63) is 71.0 Å². The first-order valence-corrected chi connectivity index (χ1v) is 7.72. The third kappa shape index (κ3) is 4.49. The van der Waals surface area contributed by atoms with Gasteiger partial charge in [0.2, 0.25) is 0 Å². The van der Waals surface area contributed by atoms with Crippen molar-refractivity contribution in [3.8, 4) is 0 Å². The van der Waals surface area contributed by atoms with E-state index in [1.54, 1.807) is 23.9 Å². The molecule has 0 aliphatic carbocycles. The Morgan fingerprint density at radius 2 is 1.90 bits per heavy atom. The van der Waals surface area contributed by atoms with Crippen molar-refractivity contribution in [1.82, 2.24) is 0 Å². The van der Waals surface area contributed by atoms with Crippen LogP contribution in [0.4, 0.5) is 4.39 Å². The molecule has 2 rings (SSSR count). The van der Waals surface area contributed by atoms with E-state index in [2.05, 4.69) is 31.2 Å². The van der Waals surface area contributed by atoms with Crippen molar-refractivity contribution in [1.29, 1.82) is 0 Å². The summed E-state index contributed by atoms with van der Waals surface area (Å²) in [6.45, 7) is 2.08. The Labute approximate surface area is 123 Å². The minimum absolute atomic E-state index is 0.0711. The van der Waals surface area contributed by atoms with Gasteiger partial charge in [-0.25, -0.2) is 4.39 Å². The van der Waals surface area contributed by atoms with Gasteiger partial charge in [0.1, 0.15) is 5.82 Å². The minimum atomic E-state index is -0.310. The van der Waals surface area contributed by atoms with Crippen molar-refractivity contribution in [2.45, 2.75) is 19.1 Å². The lowest BCUT2D eigenvalue weighted by Gasteiger charge is -2.03. The van der Waals surface area contributed by atoms with Crippen LogP contribution < -0.4 is 0 Å². The fourth-order valence-electron chi connectivity index (χ4n) is 1.94. The van der Waals surface area contributed by atoms with Gasteiger partial charge in [0, 0.05) is 23.5 Å². The largest absolute Gasteiger partial charge is 0.294 e. The van der Waals surface area contributed by atoms with Crippen molar-refractivity contribution >= 4 is 17.5 Å². The van der Waals surface area contributed by atoms with Gasteiger partial charge in [0.15, 0.2) is 5.78 Å². The fourth-order valence-corrected chi connectivity index (χ4v) is 2.83. The number of ketones is 1. The molecule has 0 saturated heterocycles. The molecule has 0 spiro atoms. The lowest BCUT2D eigenvalue weighted by molar-refractivity contribution is 0.0989. The Kier molecular flexibility index (Phi) is 5.36. The van der Waals surface area contributed by atoms with Crippen LogP contribution in [0.15, 0.2) is 48.5 Å². The maximum absolute atomic E-state index is 12.8. The molecule has 20 heavy (non-hydrogen) atoms. The van der Waals surface area contributed by atoms with Crippen molar-refractivity contribution in [2.75, 3.05) is 5.75 Å². The molecule has 0 fully saturated rings. The van der Waals surface area contributed by atoms with Crippen molar-refractivity contribution in [3.63, 3.8) is 0 Å². The third-order valence-corrected chi connectivity index (χ3v) is 4.02. The Hall–Kier alpha value is -1.61. The highest BCUT2D eigenvalue weighted by atomic mass is 32.2. The number of hydrogen-bond acceptors (Lipinski definition) is 2. The van der Waals surface area contributed by atoms with Crippen LogP contribution in [0.2, 0.25) is 0 Å². The average Bonchev–Trinajstić information content (AvgIpc) is 2.44. The number of carbonyl (C=O) groups excluding carboxylic acids is 1. The van der Waals surface area contributed by atoms with Crippen LogP contribution in [0, 0.1) is 12.7 Å². The molecule has 0 atom stereocenters. The van der Waals surface area contributed by atoms with E-state index < -0.39 is 0 Å². The van der Waals surface area contributed by atoms with Crippen LogP contribution >= 0.6 is 11.8 Å². The smallest absolute Gasteiger partial charge is 0.163 e. The number of benzene rings is 2. The summed E-state index contributed by atoms with van der Waals surface area (Å²) in [5, 5.41) is 0. The summed E-state index contributed by atoms with van der Waals surface area (Å²) in [4.78, 5) is 11.9. The van der Waals surface area contributed by atoms with E-state index in [-0.39, 0.29) is 11.6 Å².